The molecule has 0 aliphatic rings. The highest BCUT2D eigenvalue weighted by Gasteiger charge is 2.21. The molecule has 5 heteroatoms. The van der Waals surface area contributed by atoms with E-state index >= 15 is 0 Å². The lowest BCUT2D eigenvalue weighted by Crippen LogP contribution is -2.10. The molecule has 0 saturated carbocycles. The number of fused-ring (bicyclic) bond motifs is 3. The van der Waals surface area contributed by atoms with Gasteiger partial charge in [0.05, 0.1) is 11.0 Å². The molecule has 56 heavy (non-hydrogen) atoms. The summed E-state index contributed by atoms with van der Waals surface area (Å²) in [5.41, 5.74) is 11.6. The topological polar surface area (TPSA) is 46.8 Å². The fourth-order valence-corrected chi connectivity index (χ4v) is 7.53. The van der Waals surface area contributed by atoms with Crippen LogP contribution in [-0.4, -0.2) is 19.5 Å². The fourth-order valence-electron chi connectivity index (χ4n) is 7.53. The average molecular weight is 718 g/mol. The van der Waals surface area contributed by atoms with Crippen molar-refractivity contribution in [3.05, 3.63) is 212 Å². The normalized spacial score (nSPS) is 11.2. The number of para-hydroxylation sites is 1. The van der Waals surface area contributed by atoms with Crippen LogP contribution in [0.2, 0.25) is 0 Å². The summed E-state index contributed by atoms with van der Waals surface area (Å²) in [4.78, 5) is 17.8. The summed E-state index contributed by atoms with van der Waals surface area (Å²) in [6.45, 7) is 0. The predicted molar refractivity (Wildman–Crippen MR) is 231 cm³/mol. The second kappa shape index (κ2) is 14.3. The molecule has 0 saturated heterocycles. The molecule has 0 fully saturated rings. The van der Waals surface area contributed by atoms with Gasteiger partial charge in [-0.25, -0.2) is 4.98 Å². The van der Waals surface area contributed by atoms with Crippen molar-refractivity contribution in [3.63, 3.8) is 0 Å². The Bertz CT molecular complexity index is 2870. The average Bonchev–Trinajstić information content (AvgIpc) is 3.61. The second-order valence-corrected chi connectivity index (χ2v) is 13.7. The first kappa shape index (κ1) is 33.0. The van der Waals surface area contributed by atoms with E-state index in [4.69, 9.17) is 15.0 Å². The predicted octanol–water partition coefficient (Wildman–Crippen LogP) is 13.1. The van der Waals surface area contributed by atoms with Gasteiger partial charge in [-0.1, -0.05) is 170 Å². The van der Waals surface area contributed by atoms with Crippen LogP contribution in [0.1, 0.15) is 0 Å². The number of anilines is 3. The SMILES string of the molecule is c1ccc(-c2ccc(N(c3ccccc3)c3ccc4c5ccc(-c6ccccc6)cc5n(-c5nc(-c6ccccc6)nc(-c6ccccc6)n5)c4c3)cc2)cc1. The summed E-state index contributed by atoms with van der Waals surface area (Å²) >= 11 is 0. The van der Waals surface area contributed by atoms with Crippen molar-refractivity contribution in [1.82, 2.24) is 19.5 Å². The van der Waals surface area contributed by atoms with E-state index in [0.717, 1.165) is 61.1 Å². The first-order chi connectivity index (χ1) is 27.8. The number of rotatable bonds is 8. The van der Waals surface area contributed by atoms with E-state index in [-0.39, 0.29) is 0 Å². The number of benzene rings is 8. The van der Waals surface area contributed by atoms with Crippen molar-refractivity contribution in [2.24, 2.45) is 0 Å². The van der Waals surface area contributed by atoms with Crippen LogP contribution in [0.25, 0.3) is 72.8 Å². The van der Waals surface area contributed by atoms with Gasteiger partial charge >= 0.3 is 0 Å². The van der Waals surface area contributed by atoms with Crippen molar-refractivity contribution < 1.29 is 0 Å². The van der Waals surface area contributed by atoms with Crippen LogP contribution in [0.15, 0.2) is 212 Å². The largest absolute Gasteiger partial charge is 0.310 e. The zero-order valence-corrected chi connectivity index (χ0v) is 30.4. The molecule has 0 amide bonds. The summed E-state index contributed by atoms with van der Waals surface area (Å²) < 4.78 is 2.21. The maximum absolute atomic E-state index is 5.23. The van der Waals surface area contributed by atoms with Crippen LogP contribution in [0.3, 0.4) is 0 Å². The van der Waals surface area contributed by atoms with Gasteiger partial charge in [0.1, 0.15) is 0 Å². The maximum atomic E-state index is 5.23. The Morgan fingerprint density at radius 1 is 0.304 bits per heavy atom. The van der Waals surface area contributed by atoms with Gasteiger partial charge in [0.15, 0.2) is 11.6 Å². The zero-order chi connectivity index (χ0) is 37.3. The molecule has 0 unspecified atom stereocenters. The van der Waals surface area contributed by atoms with Gasteiger partial charge in [0.25, 0.3) is 0 Å². The van der Waals surface area contributed by atoms with Gasteiger partial charge in [0.2, 0.25) is 5.95 Å². The van der Waals surface area contributed by atoms with Crippen molar-refractivity contribution in [2.45, 2.75) is 0 Å². The van der Waals surface area contributed by atoms with Crippen LogP contribution >= 0.6 is 0 Å². The molecule has 5 nitrogen and oxygen atoms in total. The van der Waals surface area contributed by atoms with E-state index in [1.807, 2.05) is 60.7 Å². The van der Waals surface area contributed by atoms with Crippen molar-refractivity contribution in [2.75, 3.05) is 4.90 Å². The lowest BCUT2D eigenvalue weighted by atomic mass is 10.0. The van der Waals surface area contributed by atoms with Gasteiger partial charge < -0.3 is 4.90 Å². The monoisotopic (exact) mass is 717 g/mol. The lowest BCUT2D eigenvalue weighted by Gasteiger charge is -2.26. The summed E-state index contributed by atoms with van der Waals surface area (Å²) in [6.07, 6.45) is 0. The Balaban J connectivity index is 1.23. The van der Waals surface area contributed by atoms with Crippen LogP contribution in [0, 0.1) is 0 Å². The Kier molecular flexibility index (Phi) is 8.43. The first-order valence-electron chi connectivity index (χ1n) is 18.8. The number of hydrogen-bond acceptors (Lipinski definition) is 4. The van der Waals surface area contributed by atoms with Crippen molar-refractivity contribution in [1.29, 1.82) is 0 Å². The minimum absolute atomic E-state index is 0.554. The first-order valence-corrected chi connectivity index (χ1v) is 18.8. The van der Waals surface area contributed by atoms with Gasteiger partial charge in [0, 0.05) is 39.0 Å². The molecule has 0 spiro atoms. The van der Waals surface area contributed by atoms with Crippen molar-refractivity contribution in [3.8, 4) is 51.0 Å². The number of hydrogen-bond donors (Lipinski definition) is 0. The van der Waals surface area contributed by atoms with Crippen LogP contribution < -0.4 is 4.90 Å². The highest BCUT2D eigenvalue weighted by Crippen LogP contribution is 2.41. The van der Waals surface area contributed by atoms with Gasteiger partial charge in [-0.15, -0.1) is 0 Å². The molecular formula is C51H35N5. The van der Waals surface area contributed by atoms with Crippen LogP contribution in [0.5, 0.6) is 0 Å². The molecule has 10 aromatic rings. The minimum Gasteiger partial charge on any atom is -0.310 e. The maximum Gasteiger partial charge on any atom is 0.238 e. The Hall–Kier alpha value is -7.63. The summed E-state index contributed by atoms with van der Waals surface area (Å²) in [7, 11) is 0. The Morgan fingerprint density at radius 2 is 0.696 bits per heavy atom. The van der Waals surface area contributed by atoms with Gasteiger partial charge in [-0.3, -0.25) is 4.57 Å². The van der Waals surface area contributed by atoms with Gasteiger partial charge in [-0.2, -0.15) is 9.97 Å². The molecule has 0 N–H and O–H groups in total. The van der Waals surface area contributed by atoms with E-state index in [1.165, 1.54) is 11.1 Å². The smallest absolute Gasteiger partial charge is 0.238 e. The zero-order valence-electron chi connectivity index (χ0n) is 30.4. The highest BCUT2D eigenvalue weighted by atomic mass is 15.2. The Labute approximate surface area is 325 Å². The number of nitrogens with zero attached hydrogens (tertiary/aromatic N) is 5. The molecule has 0 radical (unpaired) electrons. The quantitative estimate of drug-likeness (QED) is 0.157. The van der Waals surface area contributed by atoms with Crippen LogP contribution in [0.4, 0.5) is 17.1 Å². The molecule has 10 rings (SSSR count). The summed E-state index contributed by atoms with van der Waals surface area (Å²) in [5, 5.41) is 2.23. The molecule has 0 aliphatic carbocycles. The third-order valence-electron chi connectivity index (χ3n) is 10.3. The van der Waals surface area contributed by atoms with Gasteiger partial charge in [-0.05, 0) is 64.7 Å². The molecular weight excluding hydrogens is 683 g/mol. The minimum atomic E-state index is 0.554. The third-order valence-corrected chi connectivity index (χ3v) is 10.3. The lowest BCUT2D eigenvalue weighted by molar-refractivity contribution is 0.953. The van der Waals surface area contributed by atoms with E-state index in [1.54, 1.807) is 0 Å². The van der Waals surface area contributed by atoms with Crippen LogP contribution in [-0.2, 0) is 0 Å². The number of aromatic nitrogens is 4. The summed E-state index contributed by atoms with van der Waals surface area (Å²) in [6, 6.07) is 74.0. The fraction of sp³-hybridized carbons (Fsp3) is 0. The molecule has 0 aliphatic heterocycles. The van der Waals surface area contributed by atoms with E-state index in [0.29, 0.717) is 17.6 Å². The van der Waals surface area contributed by atoms with E-state index in [9.17, 15) is 0 Å². The molecule has 2 aromatic heterocycles. The molecule has 8 aromatic carbocycles. The molecule has 264 valence electrons. The second-order valence-electron chi connectivity index (χ2n) is 13.7. The van der Waals surface area contributed by atoms with Crippen molar-refractivity contribution >= 4 is 38.9 Å². The highest BCUT2D eigenvalue weighted by molar-refractivity contribution is 6.11. The third kappa shape index (κ3) is 6.17. The molecule has 2 heterocycles. The van der Waals surface area contributed by atoms with E-state index in [2.05, 4.69) is 161 Å². The molecule has 0 bridgehead atoms. The molecule has 0 atom stereocenters. The Morgan fingerprint density at radius 3 is 1.25 bits per heavy atom. The van der Waals surface area contributed by atoms with E-state index < -0.39 is 0 Å². The summed E-state index contributed by atoms with van der Waals surface area (Å²) in [5.74, 6) is 1.78. The standard InChI is InChI=1S/C51H35N5/c1-6-16-36(17-7-1)38-26-29-43(30-27-38)55(42-24-14-5-15-25-42)44-31-33-46-45-32-28-41(37-18-8-2-9-19-37)34-47(45)56(48(46)35-44)51-53-49(39-20-10-3-11-21-39)52-50(54-51)40-22-12-4-13-23-40/h1-35H.